The fourth-order valence-corrected chi connectivity index (χ4v) is 8.78. The van der Waals surface area contributed by atoms with Crippen molar-refractivity contribution >= 4 is 17.9 Å². The Morgan fingerprint density at radius 2 is 0.557 bits per heavy atom. The third-order valence-corrected chi connectivity index (χ3v) is 13.3. The molecular weight excluding hydrogens is 865 g/mol. The molecule has 6 nitrogen and oxygen atoms in total. The summed E-state index contributed by atoms with van der Waals surface area (Å²) in [6.45, 7) is 6.53. The SMILES string of the molecule is CC/C=C/C/C=C/C/C=C/C/C=C/C/C=C/CCCC(=O)O[C@H](COC(=O)CCCCCCCCCCCCCCCCCC)COC(=O)CCCCCCCCCCCCCCCCCCCCC. The Balaban J connectivity index is 4.41. The van der Waals surface area contributed by atoms with Crippen molar-refractivity contribution in [2.75, 3.05) is 13.2 Å². The Morgan fingerprint density at radius 3 is 0.857 bits per heavy atom. The number of rotatable bonds is 55. The second-order valence-corrected chi connectivity index (χ2v) is 20.2. The maximum atomic E-state index is 12.8. The van der Waals surface area contributed by atoms with E-state index in [1.54, 1.807) is 0 Å². The molecule has 0 radical (unpaired) electrons. The van der Waals surface area contributed by atoms with Gasteiger partial charge in [-0.3, -0.25) is 14.4 Å². The average Bonchev–Trinajstić information content (AvgIpc) is 3.36. The molecular formula is C64H114O6. The van der Waals surface area contributed by atoms with Gasteiger partial charge in [-0.05, 0) is 57.8 Å². The summed E-state index contributed by atoms with van der Waals surface area (Å²) in [7, 11) is 0. The largest absolute Gasteiger partial charge is 0.462 e. The standard InChI is InChI=1S/C64H114O6/c1-4-7-10-13-16-19-22-25-28-31-32-34-36-39-42-45-48-51-54-57-63(66)69-60-61(59-68-62(65)56-53-50-47-44-41-38-35-30-27-24-21-18-15-12-9-6-3)70-64(67)58-55-52-49-46-43-40-37-33-29-26-23-20-17-14-11-8-5-2/h8,11,17,20,26,29,37,40,46,49,61H,4-7,9-10,12-16,18-19,21-25,27-28,30-36,38-39,41-45,47-48,50-60H2,1-3H3/b11-8+,20-17+,29-26+,40-37+,49-46+/t61-/m1/s1. The van der Waals surface area contributed by atoms with Gasteiger partial charge in [0.15, 0.2) is 6.10 Å². The van der Waals surface area contributed by atoms with Crippen LogP contribution >= 0.6 is 0 Å². The highest BCUT2D eigenvalue weighted by atomic mass is 16.6. The smallest absolute Gasteiger partial charge is 0.306 e. The molecule has 0 aromatic heterocycles. The van der Waals surface area contributed by atoms with E-state index in [4.69, 9.17) is 14.2 Å². The Hall–Kier alpha value is -2.89. The van der Waals surface area contributed by atoms with E-state index in [9.17, 15) is 14.4 Å². The van der Waals surface area contributed by atoms with Crippen molar-refractivity contribution < 1.29 is 28.6 Å². The molecule has 0 spiro atoms. The van der Waals surface area contributed by atoms with Crippen molar-refractivity contribution in [1.29, 1.82) is 0 Å². The van der Waals surface area contributed by atoms with E-state index in [1.807, 2.05) is 0 Å². The van der Waals surface area contributed by atoms with Gasteiger partial charge < -0.3 is 14.2 Å². The number of unbranched alkanes of at least 4 members (excludes halogenated alkanes) is 34. The van der Waals surface area contributed by atoms with Gasteiger partial charge in [0.2, 0.25) is 0 Å². The predicted molar refractivity (Wildman–Crippen MR) is 302 cm³/mol. The molecule has 0 aliphatic rings. The fourth-order valence-electron chi connectivity index (χ4n) is 8.78. The highest BCUT2D eigenvalue weighted by Crippen LogP contribution is 2.17. The third-order valence-electron chi connectivity index (χ3n) is 13.3. The molecule has 0 heterocycles. The van der Waals surface area contributed by atoms with Crippen LogP contribution in [-0.4, -0.2) is 37.2 Å². The van der Waals surface area contributed by atoms with E-state index in [-0.39, 0.29) is 37.5 Å². The third kappa shape index (κ3) is 56.0. The minimum absolute atomic E-state index is 0.0925. The van der Waals surface area contributed by atoms with E-state index in [0.29, 0.717) is 19.3 Å². The van der Waals surface area contributed by atoms with Gasteiger partial charge in [0, 0.05) is 19.3 Å². The van der Waals surface area contributed by atoms with Crippen molar-refractivity contribution in [3.8, 4) is 0 Å². The molecule has 0 aromatic rings. The fraction of sp³-hybridized carbons (Fsp3) is 0.797. The van der Waals surface area contributed by atoms with Crippen LogP contribution in [0.2, 0.25) is 0 Å². The number of esters is 3. The summed E-state index contributed by atoms with van der Waals surface area (Å²) in [5, 5.41) is 0. The van der Waals surface area contributed by atoms with Crippen LogP contribution in [0.5, 0.6) is 0 Å². The molecule has 0 fully saturated rings. The summed E-state index contributed by atoms with van der Waals surface area (Å²) in [6, 6.07) is 0. The molecule has 0 N–H and O–H groups in total. The minimum Gasteiger partial charge on any atom is -0.462 e. The van der Waals surface area contributed by atoms with Crippen LogP contribution in [0.15, 0.2) is 60.8 Å². The minimum atomic E-state index is -0.801. The van der Waals surface area contributed by atoms with Crippen LogP contribution < -0.4 is 0 Å². The first-order valence-corrected chi connectivity index (χ1v) is 30.3. The van der Waals surface area contributed by atoms with Gasteiger partial charge in [-0.25, -0.2) is 0 Å². The number of hydrogen-bond donors (Lipinski definition) is 0. The van der Waals surface area contributed by atoms with Crippen LogP contribution in [0.3, 0.4) is 0 Å². The van der Waals surface area contributed by atoms with Crippen molar-refractivity contribution in [2.24, 2.45) is 0 Å². The van der Waals surface area contributed by atoms with E-state index in [1.165, 1.54) is 186 Å². The first-order valence-electron chi connectivity index (χ1n) is 30.3. The summed E-state index contributed by atoms with van der Waals surface area (Å²) in [4.78, 5) is 38.2. The van der Waals surface area contributed by atoms with Gasteiger partial charge in [-0.1, -0.05) is 293 Å². The molecule has 0 aliphatic heterocycles. The summed E-state index contributed by atoms with van der Waals surface area (Å²) in [5.74, 6) is -0.933. The van der Waals surface area contributed by atoms with Crippen molar-refractivity contribution in [3.05, 3.63) is 60.8 Å². The highest BCUT2D eigenvalue weighted by molar-refractivity contribution is 5.71. The summed E-state index contributed by atoms with van der Waals surface area (Å²) < 4.78 is 16.9. The molecule has 0 amide bonds. The van der Waals surface area contributed by atoms with E-state index >= 15 is 0 Å². The van der Waals surface area contributed by atoms with Gasteiger partial charge in [-0.2, -0.15) is 0 Å². The predicted octanol–water partition coefficient (Wildman–Crippen LogP) is 20.4. The lowest BCUT2D eigenvalue weighted by molar-refractivity contribution is -0.167. The summed E-state index contributed by atoms with van der Waals surface area (Å²) in [5.41, 5.74) is 0. The highest BCUT2D eigenvalue weighted by Gasteiger charge is 2.19. The summed E-state index contributed by atoms with van der Waals surface area (Å²) >= 11 is 0. The number of hydrogen-bond acceptors (Lipinski definition) is 6. The molecule has 6 heteroatoms. The zero-order chi connectivity index (χ0) is 50.7. The molecule has 0 saturated heterocycles. The Bertz CT molecular complexity index is 1260. The lowest BCUT2D eigenvalue weighted by Crippen LogP contribution is -2.30. The Morgan fingerprint density at radius 1 is 0.300 bits per heavy atom. The van der Waals surface area contributed by atoms with Crippen LogP contribution in [0, 0.1) is 0 Å². The molecule has 0 aliphatic carbocycles. The zero-order valence-electron chi connectivity index (χ0n) is 46.5. The topological polar surface area (TPSA) is 78.9 Å². The lowest BCUT2D eigenvalue weighted by Gasteiger charge is -2.18. The van der Waals surface area contributed by atoms with Gasteiger partial charge in [0.05, 0.1) is 0 Å². The first kappa shape index (κ1) is 67.1. The molecule has 406 valence electrons. The molecule has 1 atom stereocenters. The second kappa shape index (κ2) is 58.7. The maximum absolute atomic E-state index is 12.8. The number of allylic oxidation sites excluding steroid dienone is 10. The zero-order valence-corrected chi connectivity index (χ0v) is 46.5. The van der Waals surface area contributed by atoms with Crippen molar-refractivity contribution in [2.45, 2.75) is 316 Å². The van der Waals surface area contributed by atoms with Gasteiger partial charge >= 0.3 is 17.9 Å². The molecule has 0 saturated carbocycles. The maximum Gasteiger partial charge on any atom is 0.306 e. The molecule has 0 aromatic carbocycles. The molecule has 70 heavy (non-hydrogen) atoms. The van der Waals surface area contributed by atoms with Crippen LogP contribution in [0.25, 0.3) is 0 Å². The van der Waals surface area contributed by atoms with Gasteiger partial charge in [0.25, 0.3) is 0 Å². The van der Waals surface area contributed by atoms with Gasteiger partial charge in [-0.15, -0.1) is 0 Å². The molecule has 0 unspecified atom stereocenters. The average molecular weight is 980 g/mol. The van der Waals surface area contributed by atoms with Crippen LogP contribution in [-0.2, 0) is 28.6 Å². The van der Waals surface area contributed by atoms with E-state index in [0.717, 1.165) is 77.0 Å². The normalized spacial score (nSPS) is 12.4. The van der Waals surface area contributed by atoms with Gasteiger partial charge in [0.1, 0.15) is 13.2 Å². The summed E-state index contributed by atoms with van der Waals surface area (Å²) in [6.07, 6.45) is 73.7. The second-order valence-electron chi connectivity index (χ2n) is 20.2. The molecule has 0 bridgehead atoms. The first-order chi connectivity index (χ1) is 34.5. The van der Waals surface area contributed by atoms with E-state index < -0.39 is 6.10 Å². The number of carbonyl (C=O) groups excluding carboxylic acids is 3. The Kier molecular flexibility index (Phi) is 56.3. The van der Waals surface area contributed by atoms with Crippen molar-refractivity contribution in [3.63, 3.8) is 0 Å². The number of carbonyl (C=O) groups is 3. The Labute approximate surface area is 434 Å². The number of ether oxygens (including phenoxy) is 3. The van der Waals surface area contributed by atoms with Crippen molar-refractivity contribution in [1.82, 2.24) is 0 Å². The monoisotopic (exact) mass is 979 g/mol. The molecule has 0 rings (SSSR count). The van der Waals surface area contributed by atoms with Crippen LogP contribution in [0.4, 0.5) is 0 Å². The lowest BCUT2D eigenvalue weighted by atomic mass is 10.0. The van der Waals surface area contributed by atoms with E-state index in [2.05, 4.69) is 81.5 Å². The van der Waals surface area contributed by atoms with Crippen LogP contribution in [0.1, 0.15) is 310 Å². The quantitative estimate of drug-likeness (QED) is 0.0261.